The first-order chi connectivity index (χ1) is 22.3. The summed E-state index contributed by atoms with van der Waals surface area (Å²) in [5.41, 5.74) is 5.83. The van der Waals surface area contributed by atoms with Crippen LogP contribution in [0, 0.1) is 11.6 Å². The molecular weight excluding hydrogens is 608 g/mol. The Bertz CT molecular complexity index is 2160. The molecule has 232 valence electrons. The third kappa shape index (κ3) is 5.31. The number of methoxy groups -OCH3 is 1. The fraction of sp³-hybridized carbons (Fsp3) is 0.200. The second-order valence-electron chi connectivity index (χ2n) is 11.1. The Morgan fingerprint density at radius 2 is 1.96 bits per heavy atom. The number of rotatable bonds is 8. The van der Waals surface area contributed by atoms with Crippen LogP contribution in [0.5, 0.6) is 5.75 Å². The average Bonchev–Trinajstić information content (AvgIpc) is 3.69. The van der Waals surface area contributed by atoms with E-state index in [1.807, 2.05) is 49.0 Å². The number of hydrogen-bond acceptors (Lipinski definition) is 7. The first kappa shape index (κ1) is 29.7. The number of aromatic nitrogens is 4. The van der Waals surface area contributed by atoms with Crippen molar-refractivity contribution in [1.82, 2.24) is 24.6 Å². The summed E-state index contributed by atoms with van der Waals surface area (Å²) in [7, 11) is 3.40. The van der Waals surface area contributed by atoms with Crippen molar-refractivity contribution in [3.05, 3.63) is 95.8 Å². The maximum Gasteiger partial charge on any atom is 0.246 e. The van der Waals surface area contributed by atoms with Gasteiger partial charge in [0.1, 0.15) is 24.0 Å². The molecule has 1 amide bonds. The topological polar surface area (TPSA) is 82.4 Å². The van der Waals surface area contributed by atoms with Gasteiger partial charge >= 0.3 is 0 Å². The molecule has 7 rings (SSSR count). The number of nitrogens with zero attached hydrogens (tertiary/aromatic N) is 5. The van der Waals surface area contributed by atoms with E-state index in [0.717, 1.165) is 43.9 Å². The largest absolute Gasteiger partial charge is 0.490 e. The number of aryl methyl sites for hydroxylation is 1. The van der Waals surface area contributed by atoms with Crippen molar-refractivity contribution in [3.8, 4) is 39.4 Å². The molecule has 0 atom stereocenters. The fourth-order valence-electron chi connectivity index (χ4n) is 6.00. The van der Waals surface area contributed by atoms with E-state index in [9.17, 15) is 9.18 Å². The van der Waals surface area contributed by atoms with E-state index in [1.54, 1.807) is 15.8 Å². The molecule has 0 fully saturated rings. The van der Waals surface area contributed by atoms with Crippen LogP contribution in [0.3, 0.4) is 0 Å². The molecule has 0 saturated carbocycles. The predicted molar refractivity (Wildman–Crippen MR) is 175 cm³/mol. The Labute approximate surface area is 267 Å². The molecule has 0 spiro atoms. The SMILES string of the molecule is C=CC(=O)N1CCc2ncc(-c3nc(-c4ccc5nn(C)cc5c4)c4ccsc4c3-c3c(F)cc(F)cc3OCCOC)cc2C1. The minimum atomic E-state index is -0.775. The van der Waals surface area contributed by atoms with Crippen molar-refractivity contribution in [2.24, 2.45) is 7.05 Å². The van der Waals surface area contributed by atoms with Crippen molar-refractivity contribution in [2.75, 3.05) is 26.9 Å². The predicted octanol–water partition coefficient (Wildman–Crippen LogP) is 6.95. The number of fused-ring (bicyclic) bond motifs is 3. The van der Waals surface area contributed by atoms with Gasteiger partial charge in [-0.1, -0.05) is 12.6 Å². The van der Waals surface area contributed by atoms with Crippen LogP contribution in [0.1, 0.15) is 11.3 Å². The molecule has 0 aliphatic carbocycles. The summed E-state index contributed by atoms with van der Waals surface area (Å²) in [6, 6.07) is 11.9. The van der Waals surface area contributed by atoms with Gasteiger partial charge in [0.25, 0.3) is 0 Å². The van der Waals surface area contributed by atoms with E-state index in [2.05, 4.69) is 11.7 Å². The molecule has 0 N–H and O–H groups in total. The van der Waals surface area contributed by atoms with Gasteiger partial charge in [-0.05, 0) is 41.3 Å². The summed E-state index contributed by atoms with van der Waals surface area (Å²) in [5, 5.41) is 8.20. The van der Waals surface area contributed by atoms with Crippen LogP contribution in [0.15, 0.2) is 72.9 Å². The lowest BCUT2D eigenvalue weighted by Crippen LogP contribution is -2.35. The lowest BCUT2D eigenvalue weighted by molar-refractivity contribution is -0.126. The van der Waals surface area contributed by atoms with E-state index < -0.39 is 11.6 Å². The van der Waals surface area contributed by atoms with Crippen LogP contribution in [-0.2, 0) is 29.5 Å². The number of halogens is 2. The van der Waals surface area contributed by atoms with Crippen molar-refractivity contribution < 1.29 is 23.0 Å². The molecule has 0 unspecified atom stereocenters. The van der Waals surface area contributed by atoms with Gasteiger partial charge in [0.2, 0.25) is 5.91 Å². The maximum absolute atomic E-state index is 16.0. The molecule has 1 aliphatic heterocycles. The molecule has 46 heavy (non-hydrogen) atoms. The highest BCUT2D eigenvalue weighted by molar-refractivity contribution is 7.18. The standard InChI is InChI=1S/C35H29F2N5O3S/c1-4-30(43)42-9-7-27-23(19-42)14-21(17-38-27)34-32(31-26(37)15-24(36)16-29(31)45-11-10-44-3)35-25(8-12-46-35)33(39-34)20-5-6-28-22(13-20)18-41(2)40-28/h4-6,8,12-18H,1,7,9-11,19H2,2-3H3. The highest BCUT2D eigenvalue weighted by Gasteiger charge is 2.27. The highest BCUT2D eigenvalue weighted by atomic mass is 32.1. The van der Waals surface area contributed by atoms with Crippen LogP contribution in [0.25, 0.3) is 54.6 Å². The smallest absolute Gasteiger partial charge is 0.246 e. The first-order valence-electron chi connectivity index (χ1n) is 14.7. The highest BCUT2D eigenvalue weighted by Crippen LogP contribution is 2.47. The summed E-state index contributed by atoms with van der Waals surface area (Å²) in [6.45, 7) is 4.87. The van der Waals surface area contributed by atoms with Crippen LogP contribution < -0.4 is 4.74 Å². The van der Waals surface area contributed by atoms with E-state index in [0.29, 0.717) is 42.0 Å². The minimum Gasteiger partial charge on any atom is -0.490 e. The van der Waals surface area contributed by atoms with E-state index in [1.165, 1.54) is 30.6 Å². The number of hydrogen-bond donors (Lipinski definition) is 0. The van der Waals surface area contributed by atoms with Crippen LogP contribution in [-0.4, -0.2) is 57.4 Å². The molecule has 5 heterocycles. The molecule has 2 aromatic carbocycles. The van der Waals surface area contributed by atoms with Gasteiger partial charge in [-0.15, -0.1) is 11.3 Å². The van der Waals surface area contributed by atoms with Gasteiger partial charge in [0, 0.05) is 96.1 Å². The van der Waals surface area contributed by atoms with Crippen LogP contribution >= 0.6 is 11.3 Å². The van der Waals surface area contributed by atoms with Crippen molar-refractivity contribution in [1.29, 1.82) is 0 Å². The Balaban J connectivity index is 1.50. The molecule has 6 aromatic rings. The van der Waals surface area contributed by atoms with Crippen molar-refractivity contribution >= 4 is 38.2 Å². The number of amides is 1. The van der Waals surface area contributed by atoms with Gasteiger partial charge in [-0.3, -0.25) is 14.5 Å². The average molecular weight is 638 g/mol. The Morgan fingerprint density at radius 1 is 1.09 bits per heavy atom. The molecule has 0 radical (unpaired) electrons. The fourth-order valence-corrected chi connectivity index (χ4v) is 6.94. The number of ether oxygens (including phenoxy) is 2. The van der Waals surface area contributed by atoms with E-state index >= 15 is 4.39 Å². The van der Waals surface area contributed by atoms with Gasteiger partial charge in [0.05, 0.1) is 29.1 Å². The zero-order chi connectivity index (χ0) is 31.9. The first-order valence-corrected chi connectivity index (χ1v) is 15.6. The molecule has 8 nitrogen and oxygen atoms in total. The van der Waals surface area contributed by atoms with Gasteiger partial charge in [-0.2, -0.15) is 5.10 Å². The second kappa shape index (κ2) is 12.1. The molecular formula is C35H29F2N5O3S. The summed E-state index contributed by atoms with van der Waals surface area (Å²) in [4.78, 5) is 24.2. The zero-order valence-corrected chi connectivity index (χ0v) is 26.0. The molecule has 11 heteroatoms. The Kier molecular flexibility index (Phi) is 7.79. The summed E-state index contributed by atoms with van der Waals surface area (Å²) in [5.74, 6) is -1.64. The van der Waals surface area contributed by atoms with E-state index in [4.69, 9.17) is 19.4 Å². The molecule has 0 bridgehead atoms. The van der Waals surface area contributed by atoms with Crippen LogP contribution in [0.4, 0.5) is 8.78 Å². The van der Waals surface area contributed by atoms with Crippen LogP contribution in [0.2, 0.25) is 0 Å². The van der Waals surface area contributed by atoms with Crippen molar-refractivity contribution in [2.45, 2.75) is 13.0 Å². The number of carbonyl (C=O) groups is 1. The monoisotopic (exact) mass is 637 g/mol. The lowest BCUT2D eigenvalue weighted by Gasteiger charge is -2.27. The van der Waals surface area contributed by atoms with Gasteiger partial charge in [-0.25, -0.2) is 13.8 Å². The molecule has 1 aliphatic rings. The lowest BCUT2D eigenvalue weighted by atomic mass is 9.93. The minimum absolute atomic E-state index is 0.0468. The van der Waals surface area contributed by atoms with Crippen molar-refractivity contribution in [3.63, 3.8) is 0 Å². The maximum atomic E-state index is 16.0. The second-order valence-corrected chi connectivity index (χ2v) is 12.0. The van der Waals surface area contributed by atoms with Gasteiger partial charge < -0.3 is 14.4 Å². The zero-order valence-electron chi connectivity index (χ0n) is 25.2. The quantitative estimate of drug-likeness (QED) is 0.133. The normalized spacial score (nSPS) is 12.9. The summed E-state index contributed by atoms with van der Waals surface area (Å²) >= 11 is 1.44. The number of benzene rings is 2. The third-order valence-corrected chi connectivity index (χ3v) is 9.05. The third-order valence-electron chi connectivity index (χ3n) is 8.11. The van der Waals surface area contributed by atoms with Gasteiger partial charge in [0.15, 0.2) is 0 Å². The number of thiophene rings is 1. The van der Waals surface area contributed by atoms with E-state index in [-0.39, 0.29) is 30.4 Å². The Morgan fingerprint density at radius 3 is 2.78 bits per heavy atom. The molecule has 0 saturated heterocycles. The summed E-state index contributed by atoms with van der Waals surface area (Å²) in [6.07, 6.45) is 5.58. The number of carbonyl (C=O) groups excluding carboxylic acids is 1. The summed E-state index contributed by atoms with van der Waals surface area (Å²) < 4.78 is 44.2. The number of pyridine rings is 2. The molecule has 4 aromatic heterocycles. The Hall–Kier alpha value is -5.00.